The molecule has 2 aromatic rings. The Morgan fingerprint density at radius 1 is 1.31 bits per heavy atom. The van der Waals surface area contributed by atoms with E-state index in [4.69, 9.17) is 0 Å². The van der Waals surface area contributed by atoms with Crippen LogP contribution in [-0.2, 0) is 6.54 Å². The summed E-state index contributed by atoms with van der Waals surface area (Å²) in [5.41, 5.74) is 1.08. The van der Waals surface area contributed by atoms with Gasteiger partial charge in [0.15, 0.2) is 0 Å². The first-order valence-electron chi connectivity index (χ1n) is 5.38. The zero-order chi connectivity index (χ0) is 10.8. The van der Waals surface area contributed by atoms with E-state index in [9.17, 15) is 0 Å². The molecule has 0 aliphatic carbocycles. The van der Waals surface area contributed by atoms with Crippen LogP contribution in [0.15, 0.2) is 37.1 Å². The van der Waals surface area contributed by atoms with E-state index in [-0.39, 0.29) is 0 Å². The second-order valence-corrected chi connectivity index (χ2v) is 4.03. The zero-order valence-electron chi connectivity index (χ0n) is 8.90. The lowest BCUT2D eigenvalue weighted by molar-refractivity contribution is 0.0895. The van der Waals surface area contributed by atoms with E-state index in [0.717, 1.165) is 25.3 Å². The Hall–Kier alpha value is -1.75. The van der Waals surface area contributed by atoms with Gasteiger partial charge in [0, 0.05) is 38.2 Å². The van der Waals surface area contributed by atoms with E-state index in [2.05, 4.69) is 20.0 Å². The van der Waals surface area contributed by atoms with Crippen molar-refractivity contribution in [2.75, 3.05) is 13.1 Å². The van der Waals surface area contributed by atoms with Gasteiger partial charge in [-0.2, -0.15) is 5.10 Å². The molecule has 16 heavy (non-hydrogen) atoms. The van der Waals surface area contributed by atoms with Crippen LogP contribution in [0.2, 0.25) is 0 Å². The largest absolute Gasteiger partial charge is 0.293 e. The highest BCUT2D eigenvalue weighted by Gasteiger charge is 2.28. The minimum Gasteiger partial charge on any atom is -0.293 e. The van der Waals surface area contributed by atoms with Crippen molar-refractivity contribution >= 4 is 0 Å². The fraction of sp³-hybridized carbons (Fsp3) is 0.364. The predicted molar refractivity (Wildman–Crippen MR) is 58.6 cm³/mol. The lowest BCUT2D eigenvalue weighted by Crippen LogP contribution is -2.47. The van der Waals surface area contributed by atoms with Crippen molar-refractivity contribution in [3.63, 3.8) is 0 Å². The molecule has 0 aromatic carbocycles. The Balaban J connectivity index is 1.55. The van der Waals surface area contributed by atoms with Crippen molar-refractivity contribution in [3.8, 4) is 0 Å². The van der Waals surface area contributed by atoms with Crippen molar-refractivity contribution < 1.29 is 0 Å². The molecule has 3 heterocycles. The van der Waals surface area contributed by atoms with Crippen molar-refractivity contribution in [2.45, 2.75) is 12.6 Å². The quantitative estimate of drug-likeness (QED) is 0.757. The maximum atomic E-state index is 4.24. The first-order valence-corrected chi connectivity index (χ1v) is 5.38. The maximum absolute atomic E-state index is 4.24. The second-order valence-electron chi connectivity index (χ2n) is 4.03. The average Bonchev–Trinajstić information content (AvgIpc) is 2.77. The third-order valence-electron chi connectivity index (χ3n) is 2.87. The van der Waals surface area contributed by atoms with Crippen LogP contribution in [0.3, 0.4) is 0 Å². The van der Waals surface area contributed by atoms with Crippen LogP contribution in [0, 0.1) is 0 Å². The molecule has 1 aliphatic heterocycles. The van der Waals surface area contributed by atoms with Gasteiger partial charge < -0.3 is 0 Å². The van der Waals surface area contributed by atoms with Crippen LogP contribution in [0.5, 0.6) is 0 Å². The van der Waals surface area contributed by atoms with E-state index < -0.39 is 0 Å². The Kier molecular flexibility index (Phi) is 2.38. The molecule has 1 fully saturated rings. The molecule has 0 spiro atoms. The highest BCUT2D eigenvalue weighted by molar-refractivity contribution is 5.00. The number of aromatic nitrogens is 4. The van der Waals surface area contributed by atoms with E-state index in [0.29, 0.717) is 6.04 Å². The molecule has 82 valence electrons. The molecule has 0 unspecified atom stereocenters. The molecule has 3 rings (SSSR count). The van der Waals surface area contributed by atoms with Crippen LogP contribution >= 0.6 is 0 Å². The summed E-state index contributed by atoms with van der Waals surface area (Å²) >= 11 is 0. The molecular formula is C11H13N5. The summed E-state index contributed by atoms with van der Waals surface area (Å²) in [5, 5.41) is 4.24. The summed E-state index contributed by atoms with van der Waals surface area (Å²) in [6.07, 6.45) is 7.23. The molecule has 1 saturated heterocycles. The summed E-state index contributed by atoms with van der Waals surface area (Å²) in [6.45, 7) is 3.00. The van der Waals surface area contributed by atoms with Crippen LogP contribution in [-0.4, -0.2) is 37.7 Å². The molecule has 5 heteroatoms. The molecule has 5 nitrogen and oxygen atoms in total. The van der Waals surface area contributed by atoms with Gasteiger partial charge in [-0.05, 0) is 12.1 Å². The number of hydrogen-bond acceptors (Lipinski definition) is 4. The summed E-state index contributed by atoms with van der Waals surface area (Å²) in [7, 11) is 0. The first kappa shape index (κ1) is 9.47. The molecule has 0 bridgehead atoms. The molecule has 0 N–H and O–H groups in total. The number of hydrogen-bond donors (Lipinski definition) is 0. The summed E-state index contributed by atoms with van der Waals surface area (Å²) in [4.78, 5) is 10.5. The number of nitrogens with zero attached hydrogens (tertiary/aromatic N) is 5. The predicted octanol–water partition coefficient (Wildman–Crippen LogP) is 0.730. The fourth-order valence-electron chi connectivity index (χ4n) is 1.98. The highest BCUT2D eigenvalue weighted by Crippen LogP contribution is 2.21. The first-order chi connectivity index (χ1) is 7.92. The summed E-state index contributed by atoms with van der Waals surface area (Å²) in [6, 6.07) is 4.45. The molecule has 0 atom stereocenters. The normalized spacial score (nSPS) is 17.2. The Morgan fingerprint density at radius 2 is 2.25 bits per heavy atom. The maximum Gasteiger partial charge on any atom is 0.115 e. The molecule has 0 radical (unpaired) electrons. The van der Waals surface area contributed by atoms with Gasteiger partial charge in [0.2, 0.25) is 0 Å². The third kappa shape index (κ3) is 1.81. The van der Waals surface area contributed by atoms with Gasteiger partial charge in [0.25, 0.3) is 0 Å². The Bertz CT molecular complexity index is 433. The van der Waals surface area contributed by atoms with Crippen LogP contribution in [0.4, 0.5) is 0 Å². The van der Waals surface area contributed by atoms with Crippen molar-refractivity contribution in [1.82, 2.24) is 24.6 Å². The average molecular weight is 215 g/mol. The summed E-state index contributed by atoms with van der Waals surface area (Å²) < 4.78 is 2.02. The Morgan fingerprint density at radius 3 is 2.94 bits per heavy atom. The Labute approximate surface area is 93.7 Å². The third-order valence-corrected chi connectivity index (χ3v) is 2.87. The topological polar surface area (TPSA) is 46.8 Å². The van der Waals surface area contributed by atoms with E-state index in [1.807, 2.05) is 29.2 Å². The molecule has 1 aliphatic rings. The van der Waals surface area contributed by atoms with Crippen LogP contribution in [0.1, 0.15) is 11.7 Å². The monoisotopic (exact) mass is 215 g/mol. The van der Waals surface area contributed by atoms with E-state index in [1.54, 1.807) is 12.5 Å². The van der Waals surface area contributed by atoms with E-state index in [1.165, 1.54) is 0 Å². The summed E-state index contributed by atoms with van der Waals surface area (Å²) in [5.74, 6) is 0. The van der Waals surface area contributed by atoms with Crippen molar-refractivity contribution in [3.05, 3.63) is 42.7 Å². The van der Waals surface area contributed by atoms with Gasteiger partial charge in [-0.25, -0.2) is 9.97 Å². The van der Waals surface area contributed by atoms with Gasteiger partial charge in [-0.1, -0.05) is 0 Å². The minimum absolute atomic E-state index is 0.525. The second kappa shape index (κ2) is 4.02. The van der Waals surface area contributed by atoms with Gasteiger partial charge >= 0.3 is 0 Å². The minimum atomic E-state index is 0.525. The zero-order valence-corrected chi connectivity index (χ0v) is 8.90. The van der Waals surface area contributed by atoms with Crippen molar-refractivity contribution in [1.29, 1.82) is 0 Å². The van der Waals surface area contributed by atoms with Crippen molar-refractivity contribution in [2.24, 2.45) is 0 Å². The molecular weight excluding hydrogens is 202 g/mol. The smallest absolute Gasteiger partial charge is 0.115 e. The van der Waals surface area contributed by atoms with Gasteiger partial charge in [0.05, 0.1) is 11.7 Å². The lowest BCUT2D eigenvalue weighted by Gasteiger charge is -2.38. The molecule has 0 saturated carbocycles. The molecule has 2 aromatic heterocycles. The molecule has 0 amide bonds. The number of rotatable bonds is 3. The van der Waals surface area contributed by atoms with Crippen LogP contribution < -0.4 is 0 Å². The number of likely N-dealkylation sites (tertiary alicyclic amines) is 1. The van der Waals surface area contributed by atoms with E-state index >= 15 is 0 Å². The van der Waals surface area contributed by atoms with Crippen LogP contribution in [0.25, 0.3) is 0 Å². The lowest BCUT2D eigenvalue weighted by atomic mass is 10.1. The standard InChI is InChI=1S/C11H13N5/c1-3-14-16(5-1)11-7-15(8-11)6-10-2-4-12-9-13-10/h1-5,9,11H,6-8H2. The van der Waals surface area contributed by atoms with Gasteiger partial charge in [-0.3, -0.25) is 9.58 Å². The van der Waals surface area contributed by atoms with Gasteiger partial charge in [0.1, 0.15) is 6.33 Å². The SMILES string of the molecule is c1cnn(C2CN(Cc3ccncn3)C2)c1. The highest BCUT2D eigenvalue weighted by atomic mass is 15.4. The fourth-order valence-corrected chi connectivity index (χ4v) is 1.98. The van der Waals surface area contributed by atoms with Gasteiger partial charge in [-0.15, -0.1) is 0 Å².